The van der Waals surface area contributed by atoms with Crippen molar-refractivity contribution >= 4 is 18.1 Å². The van der Waals surface area contributed by atoms with Crippen molar-refractivity contribution in [1.29, 1.82) is 0 Å². The van der Waals surface area contributed by atoms with Gasteiger partial charge in [-0.05, 0) is 37.8 Å². The molecule has 0 saturated heterocycles. The highest BCUT2D eigenvalue weighted by Crippen LogP contribution is 2.25. The Bertz CT molecular complexity index is 292. The average Bonchev–Trinajstić information content (AvgIpc) is 2.19. The zero-order valence-electron chi connectivity index (χ0n) is 8.30. The Labute approximate surface area is 79.7 Å². The zero-order chi connectivity index (χ0) is 9.68. The third-order valence-corrected chi connectivity index (χ3v) is 2.01. The molecule has 0 aliphatic heterocycles. The van der Waals surface area contributed by atoms with Crippen LogP contribution in [0.5, 0.6) is 0 Å². The van der Waals surface area contributed by atoms with Gasteiger partial charge in [0.05, 0.1) is 11.4 Å². The Balaban J connectivity index is 3.00. The monoisotopic (exact) mass is 176 g/mol. The molecule has 0 radical (unpaired) electrons. The van der Waals surface area contributed by atoms with E-state index in [-0.39, 0.29) is 0 Å². The predicted octanol–water partition coefficient (Wildman–Crippen LogP) is 3.01. The Kier molecular flexibility index (Phi) is 3.50. The third kappa shape index (κ3) is 2.31. The van der Waals surface area contributed by atoms with Crippen molar-refractivity contribution in [3.63, 3.8) is 0 Å². The number of nitrogens with one attached hydrogen (secondary N) is 1. The van der Waals surface area contributed by atoms with E-state index in [1.165, 1.54) is 5.56 Å². The van der Waals surface area contributed by atoms with E-state index in [4.69, 9.17) is 0 Å². The van der Waals surface area contributed by atoms with E-state index >= 15 is 0 Å². The van der Waals surface area contributed by atoms with Gasteiger partial charge in [-0.2, -0.15) is 0 Å². The highest BCUT2D eigenvalue weighted by molar-refractivity contribution is 5.68. The van der Waals surface area contributed by atoms with Crippen LogP contribution >= 0.6 is 0 Å². The molecule has 1 aromatic carbocycles. The second-order valence-electron chi connectivity index (χ2n) is 2.89. The van der Waals surface area contributed by atoms with Gasteiger partial charge in [0, 0.05) is 6.54 Å². The van der Waals surface area contributed by atoms with E-state index in [9.17, 15) is 0 Å². The van der Waals surface area contributed by atoms with Gasteiger partial charge in [0.2, 0.25) is 0 Å². The van der Waals surface area contributed by atoms with Crippen LogP contribution < -0.4 is 5.32 Å². The summed E-state index contributed by atoms with van der Waals surface area (Å²) < 4.78 is 0. The highest BCUT2D eigenvalue weighted by atomic mass is 14.9. The lowest BCUT2D eigenvalue weighted by molar-refractivity contribution is 1.13. The summed E-state index contributed by atoms with van der Waals surface area (Å²) in [5.74, 6) is 0. The van der Waals surface area contributed by atoms with E-state index in [0.717, 1.165) is 24.3 Å². The lowest BCUT2D eigenvalue weighted by Crippen LogP contribution is -1.96. The van der Waals surface area contributed by atoms with Crippen LogP contribution in [0.4, 0.5) is 11.4 Å². The summed E-state index contributed by atoms with van der Waals surface area (Å²) in [6.45, 7) is 8.67. The summed E-state index contributed by atoms with van der Waals surface area (Å²) in [4.78, 5) is 3.99. The number of aliphatic imine (C=N–C) groups is 1. The first-order valence-corrected chi connectivity index (χ1v) is 4.65. The zero-order valence-corrected chi connectivity index (χ0v) is 8.30. The van der Waals surface area contributed by atoms with Crippen LogP contribution in [-0.2, 0) is 6.42 Å². The minimum atomic E-state index is 0.911. The number of aryl methyl sites for hydroxylation is 1. The topological polar surface area (TPSA) is 24.4 Å². The molecule has 0 unspecified atom stereocenters. The second kappa shape index (κ2) is 4.65. The highest BCUT2D eigenvalue weighted by Gasteiger charge is 1.99. The quantitative estimate of drug-likeness (QED) is 0.701. The molecule has 0 atom stereocenters. The number of rotatable bonds is 4. The molecule has 2 nitrogen and oxygen atoms in total. The molecule has 1 rings (SSSR count). The summed E-state index contributed by atoms with van der Waals surface area (Å²) in [6.07, 6.45) is 1.04. The molecule has 0 fully saturated rings. The van der Waals surface area contributed by atoms with Crippen molar-refractivity contribution in [2.45, 2.75) is 20.3 Å². The molecule has 70 valence electrons. The molecule has 0 aliphatic carbocycles. The summed E-state index contributed by atoms with van der Waals surface area (Å²) >= 11 is 0. The summed E-state index contributed by atoms with van der Waals surface area (Å²) in [7, 11) is 0. The Morgan fingerprint density at radius 1 is 1.38 bits per heavy atom. The summed E-state index contributed by atoms with van der Waals surface area (Å²) in [5.41, 5.74) is 3.31. The lowest BCUT2D eigenvalue weighted by Gasteiger charge is -2.07. The van der Waals surface area contributed by atoms with Crippen molar-refractivity contribution in [3.8, 4) is 0 Å². The molecule has 2 heteroatoms. The average molecular weight is 176 g/mol. The first-order chi connectivity index (χ1) is 6.31. The van der Waals surface area contributed by atoms with Crippen LogP contribution in [0.3, 0.4) is 0 Å². The number of nitrogens with zero attached hydrogens (tertiary/aromatic N) is 1. The van der Waals surface area contributed by atoms with Gasteiger partial charge in [0.15, 0.2) is 0 Å². The van der Waals surface area contributed by atoms with Crippen molar-refractivity contribution in [2.24, 2.45) is 4.99 Å². The van der Waals surface area contributed by atoms with Gasteiger partial charge in [0.25, 0.3) is 0 Å². The molecule has 0 saturated carbocycles. The molecule has 0 amide bonds. The van der Waals surface area contributed by atoms with Crippen molar-refractivity contribution in [2.75, 3.05) is 11.9 Å². The fraction of sp³-hybridized carbons (Fsp3) is 0.364. The van der Waals surface area contributed by atoms with Crippen LogP contribution in [-0.4, -0.2) is 13.3 Å². The van der Waals surface area contributed by atoms with Gasteiger partial charge in [-0.25, -0.2) is 0 Å². The fourth-order valence-electron chi connectivity index (χ4n) is 1.27. The molecule has 0 bridgehead atoms. The number of hydrogen-bond donors (Lipinski definition) is 1. The van der Waals surface area contributed by atoms with Crippen LogP contribution in [0, 0.1) is 0 Å². The molecule has 0 heterocycles. The SMILES string of the molecule is C=Nc1cc(CC)ccc1NCC. The first-order valence-electron chi connectivity index (χ1n) is 4.65. The predicted molar refractivity (Wildman–Crippen MR) is 59.2 cm³/mol. The van der Waals surface area contributed by atoms with Gasteiger partial charge in [0.1, 0.15) is 0 Å². The Hall–Kier alpha value is -1.31. The van der Waals surface area contributed by atoms with E-state index in [1.807, 2.05) is 0 Å². The molecule has 0 spiro atoms. The second-order valence-corrected chi connectivity index (χ2v) is 2.89. The third-order valence-electron chi connectivity index (χ3n) is 2.01. The standard InChI is InChI=1S/C11H16N2/c1-4-9-6-7-10(13-5-2)11(8-9)12-3/h6-8,13H,3-5H2,1-2H3. The van der Waals surface area contributed by atoms with Crippen LogP contribution in [0.1, 0.15) is 19.4 Å². The van der Waals surface area contributed by atoms with Crippen molar-refractivity contribution in [3.05, 3.63) is 23.8 Å². The first kappa shape index (κ1) is 9.78. The molecule has 1 N–H and O–H groups in total. The summed E-state index contributed by atoms with van der Waals surface area (Å²) in [5, 5.41) is 3.24. The van der Waals surface area contributed by atoms with Gasteiger partial charge in [-0.15, -0.1) is 0 Å². The minimum absolute atomic E-state index is 0.911. The largest absolute Gasteiger partial charge is 0.384 e. The molecule has 0 aliphatic rings. The summed E-state index contributed by atoms with van der Waals surface area (Å²) in [6, 6.07) is 6.25. The van der Waals surface area contributed by atoms with Crippen LogP contribution in [0.25, 0.3) is 0 Å². The van der Waals surface area contributed by atoms with Crippen molar-refractivity contribution in [1.82, 2.24) is 0 Å². The lowest BCUT2D eigenvalue weighted by atomic mass is 10.1. The Morgan fingerprint density at radius 3 is 2.69 bits per heavy atom. The molecular weight excluding hydrogens is 160 g/mol. The molecule has 1 aromatic rings. The van der Waals surface area contributed by atoms with Gasteiger partial charge < -0.3 is 5.32 Å². The maximum atomic E-state index is 3.99. The van der Waals surface area contributed by atoms with E-state index in [0.29, 0.717) is 0 Å². The number of hydrogen-bond acceptors (Lipinski definition) is 2. The molecule has 0 aromatic heterocycles. The number of anilines is 1. The van der Waals surface area contributed by atoms with Gasteiger partial charge in [-0.3, -0.25) is 4.99 Å². The van der Waals surface area contributed by atoms with E-state index in [1.54, 1.807) is 0 Å². The Morgan fingerprint density at radius 2 is 2.15 bits per heavy atom. The molecular formula is C11H16N2. The normalized spacial score (nSPS) is 9.69. The smallest absolute Gasteiger partial charge is 0.0856 e. The van der Waals surface area contributed by atoms with Gasteiger partial charge in [-0.1, -0.05) is 13.0 Å². The van der Waals surface area contributed by atoms with E-state index < -0.39 is 0 Å². The van der Waals surface area contributed by atoms with E-state index in [2.05, 4.69) is 49.1 Å². The minimum Gasteiger partial charge on any atom is -0.384 e. The maximum Gasteiger partial charge on any atom is 0.0856 e. The molecule has 13 heavy (non-hydrogen) atoms. The van der Waals surface area contributed by atoms with Crippen LogP contribution in [0.2, 0.25) is 0 Å². The van der Waals surface area contributed by atoms with Gasteiger partial charge >= 0.3 is 0 Å². The number of benzene rings is 1. The maximum absolute atomic E-state index is 3.99. The fourth-order valence-corrected chi connectivity index (χ4v) is 1.27. The van der Waals surface area contributed by atoms with Crippen LogP contribution in [0.15, 0.2) is 23.2 Å². The van der Waals surface area contributed by atoms with Crippen molar-refractivity contribution < 1.29 is 0 Å².